The summed E-state index contributed by atoms with van der Waals surface area (Å²) in [5.74, 6) is -0.636. The van der Waals surface area contributed by atoms with Crippen molar-refractivity contribution in [3.05, 3.63) is 28.7 Å². The molecule has 0 bridgehead atoms. The van der Waals surface area contributed by atoms with Gasteiger partial charge in [-0.25, -0.2) is 4.79 Å². The van der Waals surface area contributed by atoms with Crippen LogP contribution in [0.4, 0.5) is 5.69 Å². The van der Waals surface area contributed by atoms with Crippen molar-refractivity contribution >= 4 is 22.8 Å². The van der Waals surface area contributed by atoms with E-state index in [1.54, 1.807) is 13.1 Å². The molecule has 6 nitrogen and oxygen atoms in total. The summed E-state index contributed by atoms with van der Waals surface area (Å²) < 4.78 is 11.2. The largest absolute Gasteiger partial charge is 0.469 e. The Morgan fingerprint density at radius 3 is 2.89 bits per heavy atom. The van der Waals surface area contributed by atoms with Gasteiger partial charge in [-0.05, 0) is 12.1 Å². The molecule has 0 aliphatic rings. The molecule has 0 aliphatic carbocycles. The molecule has 0 saturated carbocycles. The molecule has 1 aromatic carbocycles. The van der Waals surface area contributed by atoms with Crippen molar-refractivity contribution in [2.75, 3.05) is 25.6 Å². The number of carbonyl (C=O) groups excluding carboxylic acids is 1. The predicted octanol–water partition coefficient (Wildman–Crippen LogP) is 1.13. The summed E-state index contributed by atoms with van der Waals surface area (Å²) in [7, 11) is 4.90. The van der Waals surface area contributed by atoms with Gasteiger partial charge in [-0.1, -0.05) is 0 Å². The van der Waals surface area contributed by atoms with Gasteiger partial charge in [0.15, 0.2) is 5.58 Å². The van der Waals surface area contributed by atoms with Gasteiger partial charge in [0, 0.05) is 32.4 Å². The average Bonchev–Trinajstić information content (AvgIpc) is 2.70. The monoisotopic (exact) mass is 264 g/mol. The average molecular weight is 264 g/mol. The minimum Gasteiger partial charge on any atom is -0.469 e. The number of nitrogens with zero attached hydrogens (tertiary/aromatic N) is 2. The summed E-state index contributed by atoms with van der Waals surface area (Å²) in [5.41, 5.74) is 2.16. The maximum Gasteiger partial charge on any atom is 0.419 e. The number of hydrogen-bond donors (Lipinski definition) is 0. The molecule has 0 N–H and O–H groups in total. The van der Waals surface area contributed by atoms with Crippen molar-refractivity contribution in [2.24, 2.45) is 7.05 Å². The number of ether oxygens (including phenoxy) is 1. The lowest BCUT2D eigenvalue weighted by molar-refractivity contribution is -0.140. The summed E-state index contributed by atoms with van der Waals surface area (Å²) in [5, 5.41) is 0. The number of rotatable bonds is 4. The molecule has 0 radical (unpaired) electrons. The fourth-order valence-corrected chi connectivity index (χ4v) is 1.85. The molecule has 19 heavy (non-hydrogen) atoms. The second-order valence-corrected chi connectivity index (χ2v) is 4.33. The van der Waals surface area contributed by atoms with E-state index in [0.717, 1.165) is 11.2 Å². The van der Waals surface area contributed by atoms with Crippen LogP contribution in [-0.2, 0) is 16.6 Å². The number of aromatic nitrogens is 1. The van der Waals surface area contributed by atoms with Crippen LogP contribution in [0.5, 0.6) is 0 Å². The van der Waals surface area contributed by atoms with Crippen LogP contribution in [0.2, 0.25) is 0 Å². The van der Waals surface area contributed by atoms with E-state index in [1.165, 1.54) is 11.7 Å². The van der Waals surface area contributed by atoms with Crippen LogP contribution >= 0.6 is 0 Å². The van der Waals surface area contributed by atoms with Gasteiger partial charge < -0.3 is 14.1 Å². The number of anilines is 1. The Balaban J connectivity index is 2.21. The quantitative estimate of drug-likeness (QED) is 0.774. The van der Waals surface area contributed by atoms with Crippen LogP contribution in [0, 0.1) is 0 Å². The van der Waals surface area contributed by atoms with Crippen LogP contribution in [0.1, 0.15) is 6.42 Å². The van der Waals surface area contributed by atoms with Gasteiger partial charge in [0.2, 0.25) is 0 Å². The minimum absolute atomic E-state index is 0.251. The third-order valence-corrected chi connectivity index (χ3v) is 3.10. The van der Waals surface area contributed by atoms with Crippen molar-refractivity contribution in [2.45, 2.75) is 6.42 Å². The Labute approximate surface area is 110 Å². The van der Waals surface area contributed by atoms with Crippen molar-refractivity contribution in [3.8, 4) is 0 Å². The normalized spacial score (nSPS) is 10.7. The van der Waals surface area contributed by atoms with E-state index < -0.39 is 0 Å². The molecule has 0 fully saturated rings. The third kappa shape index (κ3) is 2.62. The highest BCUT2D eigenvalue weighted by molar-refractivity contribution is 5.78. The molecular weight excluding hydrogens is 248 g/mol. The van der Waals surface area contributed by atoms with Gasteiger partial charge >= 0.3 is 11.7 Å². The van der Waals surface area contributed by atoms with E-state index in [2.05, 4.69) is 4.74 Å². The number of benzene rings is 1. The van der Waals surface area contributed by atoms with Gasteiger partial charge in [-0.3, -0.25) is 9.36 Å². The first-order valence-electron chi connectivity index (χ1n) is 5.90. The number of oxazole rings is 1. The van der Waals surface area contributed by atoms with Gasteiger partial charge in [-0.15, -0.1) is 0 Å². The first-order chi connectivity index (χ1) is 9.02. The maximum atomic E-state index is 11.4. The highest BCUT2D eigenvalue weighted by Crippen LogP contribution is 2.20. The van der Waals surface area contributed by atoms with Crippen LogP contribution in [0.15, 0.2) is 27.4 Å². The smallest absolute Gasteiger partial charge is 0.419 e. The summed E-state index contributed by atoms with van der Waals surface area (Å²) >= 11 is 0. The zero-order valence-corrected chi connectivity index (χ0v) is 11.2. The molecule has 0 amide bonds. The Kier molecular flexibility index (Phi) is 3.59. The van der Waals surface area contributed by atoms with Crippen molar-refractivity contribution in [3.63, 3.8) is 0 Å². The Bertz CT molecular complexity index is 656. The van der Waals surface area contributed by atoms with E-state index in [9.17, 15) is 9.59 Å². The SMILES string of the molecule is COC(=O)CCN(C)c1ccc2c(c1)oc(=O)n2C. The summed E-state index contributed by atoms with van der Waals surface area (Å²) in [4.78, 5) is 24.4. The molecule has 102 valence electrons. The predicted molar refractivity (Wildman–Crippen MR) is 71.4 cm³/mol. The second-order valence-electron chi connectivity index (χ2n) is 4.33. The van der Waals surface area contributed by atoms with Crippen LogP contribution < -0.4 is 10.7 Å². The van der Waals surface area contributed by atoms with Crippen LogP contribution in [0.3, 0.4) is 0 Å². The molecule has 0 unspecified atom stereocenters. The number of aryl methyl sites for hydroxylation is 1. The number of esters is 1. The van der Waals surface area contributed by atoms with Crippen LogP contribution in [0.25, 0.3) is 11.1 Å². The zero-order chi connectivity index (χ0) is 14.0. The van der Waals surface area contributed by atoms with E-state index in [-0.39, 0.29) is 11.7 Å². The molecular formula is C13H16N2O4. The number of methoxy groups -OCH3 is 1. The summed E-state index contributed by atoms with van der Waals surface area (Å²) in [6.07, 6.45) is 0.309. The lowest BCUT2D eigenvalue weighted by Crippen LogP contribution is -2.21. The first kappa shape index (κ1) is 13.2. The number of hydrogen-bond acceptors (Lipinski definition) is 5. The molecule has 0 spiro atoms. The molecule has 6 heteroatoms. The maximum absolute atomic E-state index is 11.4. The topological polar surface area (TPSA) is 64.7 Å². The van der Waals surface area contributed by atoms with Gasteiger partial charge in [0.25, 0.3) is 0 Å². The standard InChI is InChI=1S/C13H16N2O4/c1-14(7-6-12(16)18-3)9-4-5-10-11(8-9)19-13(17)15(10)2/h4-5,8H,6-7H2,1-3H3. The lowest BCUT2D eigenvalue weighted by Gasteiger charge is -2.18. The zero-order valence-electron chi connectivity index (χ0n) is 11.2. The molecule has 2 rings (SSSR count). The molecule has 1 heterocycles. The Morgan fingerprint density at radius 2 is 2.21 bits per heavy atom. The number of carbonyl (C=O) groups is 1. The Morgan fingerprint density at radius 1 is 1.47 bits per heavy atom. The van der Waals surface area contributed by atoms with E-state index in [4.69, 9.17) is 4.42 Å². The van der Waals surface area contributed by atoms with E-state index in [1.807, 2.05) is 24.1 Å². The summed E-state index contributed by atoms with van der Waals surface area (Å²) in [6, 6.07) is 5.49. The molecule has 0 aliphatic heterocycles. The van der Waals surface area contributed by atoms with Gasteiger partial charge in [-0.2, -0.15) is 0 Å². The first-order valence-corrected chi connectivity index (χ1v) is 5.90. The van der Waals surface area contributed by atoms with E-state index in [0.29, 0.717) is 18.5 Å². The lowest BCUT2D eigenvalue weighted by atomic mass is 10.2. The molecule has 0 saturated heterocycles. The highest BCUT2D eigenvalue weighted by atomic mass is 16.5. The summed E-state index contributed by atoms with van der Waals surface area (Å²) in [6.45, 7) is 0.537. The number of fused-ring (bicyclic) bond motifs is 1. The molecule has 1 aromatic heterocycles. The third-order valence-electron chi connectivity index (χ3n) is 3.10. The fraction of sp³-hybridized carbons (Fsp3) is 0.385. The van der Waals surface area contributed by atoms with Gasteiger partial charge in [0.05, 0.1) is 19.0 Å². The van der Waals surface area contributed by atoms with Crippen molar-refractivity contribution in [1.82, 2.24) is 4.57 Å². The van der Waals surface area contributed by atoms with Crippen molar-refractivity contribution < 1.29 is 13.9 Å². The van der Waals surface area contributed by atoms with Gasteiger partial charge in [0.1, 0.15) is 0 Å². The highest BCUT2D eigenvalue weighted by Gasteiger charge is 2.09. The fourth-order valence-electron chi connectivity index (χ4n) is 1.85. The van der Waals surface area contributed by atoms with E-state index >= 15 is 0 Å². The molecule has 0 atom stereocenters. The second kappa shape index (κ2) is 5.17. The minimum atomic E-state index is -0.385. The van der Waals surface area contributed by atoms with Crippen molar-refractivity contribution in [1.29, 1.82) is 0 Å². The Hall–Kier alpha value is -2.24. The van der Waals surface area contributed by atoms with Crippen LogP contribution in [-0.4, -0.2) is 31.2 Å². The molecule has 2 aromatic rings.